The summed E-state index contributed by atoms with van der Waals surface area (Å²) >= 11 is 0. The molecule has 0 saturated carbocycles. The predicted molar refractivity (Wildman–Crippen MR) is 85.3 cm³/mol. The molecule has 116 valence electrons. The Balaban J connectivity index is 1.94. The summed E-state index contributed by atoms with van der Waals surface area (Å²) in [6.45, 7) is 0.339. The van der Waals surface area contributed by atoms with E-state index in [9.17, 15) is 9.59 Å². The van der Waals surface area contributed by atoms with Crippen LogP contribution in [0.3, 0.4) is 0 Å². The lowest BCUT2D eigenvalue weighted by Gasteiger charge is -2.08. The molecule has 2 aromatic heterocycles. The summed E-state index contributed by atoms with van der Waals surface area (Å²) in [6, 6.07) is 6.79. The van der Waals surface area contributed by atoms with Gasteiger partial charge in [0.05, 0.1) is 18.3 Å². The second kappa shape index (κ2) is 6.37. The van der Waals surface area contributed by atoms with Crippen molar-refractivity contribution in [1.29, 1.82) is 0 Å². The molecule has 0 spiro atoms. The fraction of sp³-hybridized carbons (Fsp3) is 0.125. The van der Waals surface area contributed by atoms with Crippen LogP contribution in [0.5, 0.6) is 0 Å². The molecule has 0 saturated heterocycles. The van der Waals surface area contributed by atoms with Gasteiger partial charge in [0.1, 0.15) is 5.69 Å². The number of fused-ring (bicyclic) bond motifs is 1. The Labute approximate surface area is 131 Å². The second-order valence-corrected chi connectivity index (χ2v) is 4.90. The molecule has 1 amide bonds. The van der Waals surface area contributed by atoms with E-state index in [2.05, 4.69) is 20.3 Å². The van der Waals surface area contributed by atoms with E-state index in [4.69, 9.17) is 4.74 Å². The number of aromatic nitrogens is 3. The Kier molecular flexibility index (Phi) is 4.11. The number of anilines is 1. The minimum Gasteiger partial charge on any atom is -0.380 e. The number of carbonyl (C=O) groups excluding carboxylic acids is 1. The smallest absolute Gasteiger partial charge is 0.275 e. The van der Waals surface area contributed by atoms with Gasteiger partial charge < -0.3 is 15.0 Å². The summed E-state index contributed by atoms with van der Waals surface area (Å²) in [5, 5.41) is 3.59. The van der Waals surface area contributed by atoms with Gasteiger partial charge in [-0.3, -0.25) is 14.6 Å². The average molecular weight is 310 g/mol. The molecule has 2 N–H and O–H groups in total. The van der Waals surface area contributed by atoms with Crippen LogP contribution in [-0.2, 0) is 11.3 Å². The number of aromatic amines is 1. The van der Waals surface area contributed by atoms with Crippen molar-refractivity contribution in [3.05, 3.63) is 64.5 Å². The molecule has 0 aliphatic heterocycles. The lowest BCUT2D eigenvalue weighted by atomic mass is 10.1. The first-order valence-corrected chi connectivity index (χ1v) is 6.89. The number of carbonyl (C=O) groups is 1. The number of ether oxygens (including phenoxy) is 1. The maximum absolute atomic E-state index is 12.1. The van der Waals surface area contributed by atoms with E-state index >= 15 is 0 Å². The maximum atomic E-state index is 12.1. The van der Waals surface area contributed by atoms with Gasteiger partial charge in [0.2, 0.25) is 5.56 Å². The highest BCUT2D eigenvalue weighted by Crippen LogP contribution is 2.20. The first-order valence-electron chi connectivity index (χ1n) is 6.89. The standard InChI is InChI=1S/C16H14N4O3/c1-23-9-10-6-15(21)20-13-7-11(2-3-12(10)13)19-16(22)14-8-17-4-5-18-14/h2-8H,9H2,1H3,(H,19,22)(H,20,21). The van der Waals surface area contributed by atoms with Gasteiger partial charge in [0.25, 0.3) is 5.91 Å². The van der Waals surface area contributed by atoms with Crippen molar-refractivity contribution >= 4 is 22.5 Å². The molecule has 0 atom stereocenters. The van der Waals surface area contributed by atoms with E-state index in [1.54, 1.807) is 19.2 Å². The van der Waals surface area contributed by atoms with E-state index in [-0.39, 0.29) is 17.2 Å². The van der Waals surface area contributed by atoms with Crippen molar-refractivity contribution in [3.8, 4) is 0 Å². The number of rotatable bonds is 4. The molecule has 7 heteroatoms. The van der Waals surface area contributed by atoms with Gasteiger partial charge in [-0.2, -0.15) is 0 Å². The highest BCUT2D eigenvalue weighted by Gasteiger charge is 2.09. The number of methoxy groups -OCH3 is 1. The number of amides is 1. The molecule has 0 radical (unpaired) electrons. The minimum absolute atomic E-state index is 0.217. The Morgan fingerprint density at radius 3 is 2.91 bits per heavy atom. The van der Waals surface area contributed by atoms with Crippen LogP contribution in [0.4, 0.5) is 5.69 Å². The van der Waals surface area contributed by atoms with Crippen LogP contribution in [0, 0.1) is 0 Å². The molecule has 3 rings (SSSR count). The fourth-order valence-electron chi connectivity index (χ4n) is 2.30. The Morgan fingerprint density at radius 2 is 2.17 bits per heavy atom. The molecule has 0 bridgehead atoms. The van der Waals surface area contributed by atoms with Gasteiger partial charge in [-0.15, -0.1) is 0 Å². The molecular weight excluding hydrogens is 296 g/mol. The lowest BCUT2D eigenvalue weighted by molar-refractivity contribution is 0.102. The molecule has 0 unspecified atom stereocenters. The summed E-state index contributed by atoms with van der Waals surface area (Å²) in [7, 11) is 1.57. The summed E-state index contributed by atoms with van der Waals surface area (Å²) < 4.78 is 5.11. The SMILES string of the molecule is COCc1cc(=O)[nH]c2cc(NC(=O)c3cnccn3)ccc12. The normalized spacial score (nSPS) is 10.7. The summed E-state index contributed by atoms with van der Waals surface area (Å²) in [5.41, 5.74) is 1.97. The van der Waals surface area contributed by atoms with Gasteiger partial charge in [-0.25, -0.2) is 4.98 Å². The third kappa shape index (κ3) is 3.24. The number of benzene rings is 1. The molecule has 0 fully saturated rings. The third-order valence-electron chi connectivity index (χ3n) is 3.28. The first kappa shape index (κ1) is 14.9. The Morgan fingerprint density at radius 1 is 1.30 bits per heavy atom. The molecule has 0 aliphatic rings. The molecule has 1 aromatic carbocycles. The number of nitrogens with zero attached hydrogens (tertiary/aromatic N) is 2. The predicted octanol–water partition coefficient (Wildman–Crippen LogP) is 1.72. The van der Waals surface area contributed by atoms with Crippen LogP contribution in [0.25, 0.3) is 10.9 Å². The van der Waals surface area contributed by atoms with Gasteiger partial charge in [0.15, 0.2) is 0 Å². The lowest BCUT2D eigenvalue weighted by Crippen LogP contribution is -2.14. The average Bonchev–Trinajstić information content (AvgIpc) is 2.55. The van der Waals surface area contributed by atoms with Crippen LogP contribution >= 0.6 is 0 Å². The molecule has 2 heterocycles. The molecule has 7 nitrogen and oxygen atoms in total. The van der Waals surface area contributed by atoms with Crippen LogP contribution in [0.1, 0.15) is 16.1 Å². The third-order valence-corrected chi connectivity index (χ3v) is 3.28. The van der Waals surface area contributed by atoms with E-state index in [0.717, 1.165) is 10.9 Å². The van der Waals surface area contributed by atoms with Gasteiger partial charge in [-0.1, -0.05) is 6.07 Å². The van der Waals surface area contributed by atoms with Crippen molar-refractivity contribution in [2.24, 2.45) is 0 Å². The second-order valence-electron chi connectivity index (χ2n) is 4.90. The number of nitrogens with one attached hydrogen (secondary N) is 2. The van der Waals surface area contributed by atoms with Gasteiger partial charge in [0, 0.05) is 36.6 Å². The highest BCUT2D eigenvalue weighted by atomic mass is 16.5. The zero-order valence-corrected chi connectivity index (χ0v) is 12.4. The van der Waals surface area contributed by atoms with Crippen molar-refractivity contribution in [2.75, 3.05) is 12.4 Å². The first-order chi connectivity index (χ1) is 11.2. The number of hydrogen-bond acceptors (Lipinski definition) is 5. The largest absolute Gasteiger partial charge is 0.380 e. The molecule has 3 aromatic rings. The fourth-order valence-corrected chi connectivity index (χ4v) is 2.30. The number of hydrogen-bond donors (Lipinski definition) is 2. The summed E-state index contributed by atoms with van der Waals surface area (Å²) in [6.07, 6.45) is 4.33. The van der Waals surface area contributed by atoms with Crippen molar-refractivity contribution < 1.29 is 9.53 Å². The monoisotopic (exact) mass is 310 g/mol. The van der Waals surface area contributed by atoms with E-state index in [1.807, 2.05) is 6.07 Å². The molecule has 23 heavy (non-hydrogen) atoms. The maximum Gasteiger partial charge on any atom is 0.275 e. The van der Waals surface area contributed by atoms with Crippen LogP contribution in [0.2, 0.25) is 0 Å². The summed E-state index contributed by atoms with van der Waals surface area (Å²) in [5.74, 6) is -0.368. The molecule has 0 aliphatic carbocycles. The van der Waals surface area contributed by atoms with Gasteiger partial charge in [-0.05, 0) is 17.7 Å². The number of pyridine rings is 1. The zero-order valence-electron chi connectivity index (χ0n) is 12.4. The Bertz CT molecular complexity index is 906. The minimum atomic E-state index is -0.368. The van der Waals surface area contributed by atoms with Crippen LogP contribution < -0.4 is 10.9 Å². The van der Waals surface area contributed by atoms with Crippen molar-refractivity contribution in [3.63, 3.8) is 0 Å². The van der Waals surface area contributed by atoms with Gasteiger partial charge >= 0.3 is 0 Å². The van der Waals surface area contributed by atoms with Crippen molar-refractivity contribution in [1.82, 2.24) is 15.0 Å². The quantitative estimate of drug-likeness (QED) is 0.764. The van der Waals surface area contributed by atoms with E-state index < -0.39 is 0 Å². The Hall–Kier alpha value is -3.06. The highest BCUT2D eigenvalue weighted by molar-refractivity contribution is 6.03. The van der Waals surface area contributed by atoms with Crippen LogP contribution in [-0.4, -0.2) is 28.0 Å². The topological polar surface area (TPSA) is 97.0 Å². The molecular formula is C16H14N4O3. The zero-order chi connectivity index (χ0) is 16.2. The van der Waals surface area contributed by atoms with E-state index in [0.29, 0.717) is 17.8 Å². The van der Waals surface area contributed by atoms with E-state index in [1.165, 1.54) is 24.7 Å². The number of H-pyrrole nitrogens is 1. The van der Waals surface area contributed by atoms with Crippen molar-refractivity contribution in [2.45, 2.75) is 6.61 Å². The summed E-state index contributed by atoms with van der Waals surface area (Å²) in [4.78, 5) is 34.3. The van der Waals surface area contributed by atoms with Crippen LogP contribution in [0.15, 0.2) is 47.7 Å².